The van der Waals surface area contributed by atoms with Gasteiger partial charge in [-0.25, -0.2) is 0 Å². The van der Waals surface area contributed by atoms with Crippen LogP contribution in [0.25, 0.3) is 0 Å². The summed E-state index contributed by atoms with van der Waals surface area (Å²) in [5.74, 6) is 6.39. The van der Waals surface area contributed by atoms with Crippen LogP contribution in [0, 0.1) is 5.92 Å². The number of rotatable bonds is 10. The molecular formula is C16H26F2N2O. The molecule has 0 radical (unpaired) electrons. The van der Waals surface area contributed by atoms with Crippen LogP contribution in [0.2, 0.25) is 0 Å². The molecule has 2 unspecified atom stereocenters. The Morgan fingerprint density at radius 1 is 1.29 bits per heavy atom. The highest BCUT2D eigenvalue weighted by Gasteiger charge is 2.17. The number of nitrogens with one attached hydrogen (secondary N) is 1. The molecule has 5 heteroatoms. The molecule has 1 aromatic carbocycles. The zero-order valence-corrected chi connectivity index (χ0v) is 12.8. The average Bonchev–Trinajstić information content (AvgIpc) is 2.47. The van der Waals surface area contributed by atoms with Crippen LogP contribution >= 0.6 is 0 Å². The lowest BCUT2D eigenvalue weighted by Gasteiger charge is -2.23. The van der Waals surface area contributed by atoms with Crippen LogP contribution in [0.5, 0.6) is 5.75 Å². The van der Waals surface area contributed by atoms with Crippen molar-refractivity contribution < 1.29 is 13.5 Å². The van der Waals surface area contributed by atoms with Gasteiger partial charge in [0, 0.05) is 6.04 Å². The van der Waals surface area contributed by atoms with Crippen molar-refractivity contribution in [2.75, 3.05) is 0 Å². The van der Waals surface area contributed by atoms with Gasteiger partial charge in [0.2, 0.25) is 0 Å². The van der Waals surface area contributed by atoms with E-state index in [4.69, 9.17) is 5.84 Å². The number of benzene rings is 1. The maximum Gasteiger partial charge on any atom is 0.387 e. The lowest BCUT2D eigenvalue weighted by Crippen LogP contribution is -2.29. The molecule has 0 amide bonds. The van der Waals surface area contributed by atoms with Crippen LogP contribution in [-0.2, 0) is 0 Å². The van der Waals surface area contributed by atoms with Crippen molar-refractivity contribution in [3.63, 3.8) is 0 Å². The molecule has 2 atom stereocenters. The Morgan fingerprint density at radius 3 is 2.62 bits per heavy atom. The van der Waals surface area contributed by atoms with Gasteiger partial charge in [0.25, 0.3) is 0 Å². The molecule has 1 rings (SSSR count). The molecule has 0 aliphatic rings. The fourth-order valence-corrected chi connectivity index (χ4v) is 2.52. The predicted octanol–water partition coefficient (Wildman–Crippen LogP) is 4.40. The van der Waals surface area contributed by atoms with Gasteiger partial charge in [0.15, 0.2) is 0 Å². The third kappa shape index (κ3) is 6.40. The van der Waals surface area contributed by atoms with Crippen molar-refractivity contribution in [3.05, 3.63) is 29.8 Å². The minimum absolute atomic E-state index is 0.0481. The van der Waals surface area contributed by atoms with Gasteiger partial charge in [-0.2, -0.15) is 8.78 Å². The third-order valence-electron chi connectivity index (χ3n) is 3.80. The summed E-state index contributed by atoms with van der Waals surface area (Å²) in [5, 5.41) is 0. The monoisotopic (exact) mass is 300 g/mol. The molecule has 21 heavy (non-hydrogen) atoms. The van der Waals surface area contributed by atoms with Crippen LogP contribution in [-0.4, -0.2) is 6.61 Å². The largest absolute Gasteiger partial charge is 0.435 e. The molecule has 0 spiro atoms. The number of ether oxygens (including phenoxy) is 1. The lowest BCUT2D eigenvalue weighted by atomic mass is 9.89. The maximum absolute atomic E-state index is 12.3. The summed E-state index contributed by atoms with van der Waals surface area (Å²) in [5.41, 5.74) is 3.68. The summed E-state index contributed by atoms with van der Waals surface area (Å²) in [4.78, 5) is 0. The quantitative estimate of drug-likeness (QED) is 0.497. The second kappa shape index (κ2) is 9.68. The van der Waals surface area contributed by atoms with Crippen LogP contribution in [0.3, 0.4) is 0 Å². The zero-order valence-electron chi connectivity index (χ0n) is 12.8. The first kappa shape index (κ1) is 17.9. The number of hydrazine groups is 1. The van der Waals surface area contributed by atoms with Crippen LogP contribution in [0.1, 0.15) is 57.6 Å². The van der Waals surface area contributed by atoms with Crippen molar-refractivity contribution in [1.29, 1.82) is 0 Å². The first-order valence-corrected chi connectivity index (χ1v) is 7.61. The molecule has 0 fully saturated rings. The van der Waals surface area contributed by atoms with Crippen molar-refractivity contribution in [2.24, 2.45) is 11.8 Å². The fourth-order valence-electron chi connectivity index (χ4n) is 2.52. The first-order valence-electron chi connectivity index (χ1n) is 7.61. The molecule has 0 bridgehead atoms. The van der Waals surface area contributed by atoms with E-state index in [-0.39, 0.29) is 11.8 Å². The van der Waals surface area contributed by atoms with E-state index in [1.54, 1.807) is 12.1 Å². The van der Waals surface area contributed by atoms with E-state index in [2.05, 4.69) is 24.0 Å². The van der Waals surface area contributed by atoms with E-state index in [0.717, 1.165) is 18.4 Å². The minimum Gasteiger partial charge on any atom is -0.435 e. The molecule has 0 saturated heterocycles. The topological polar surface area (TPSA) is 47.3 Å². The Hall–Kier alpha value is -1.20. The third-order valence-corrected chi connectivity index (χ3v) is 3.80. The number of hydrogen-bond acceptors (Lipinski definition) is 3. The van der Waals surface area contributed by atoms with Gasteiger partial charge in [0.1, 0.15) is 5.75 Å². The lowest BCUT2D eigenvalue weighted by molar-refractivity contribution is -0.0499. The highest BCUT2D eigenvalue weighted by Crippen LogP contribution is 2.28. The number of unbranched alkanes of at least 4 members (excludes halogenated alkanes) is 1. The highest BCUT2D eigenvalue weighted by atomic mass is 19.3. The Balaban J connectivity index is 2.74. The van der Waals surface area contributed by atoms with Crippen molar-refractivity contribution >= 4 is 0 Å². The number of hydrogen-bond donors (Lipinski definition) is 2. The van der Waals surface area contributed by atoms with Crippen LogP contribution in [0.4, 0.5) is 8.78 Å². The average molecular weight is 300 g/mol. The summed E-state index contributed by atoms with van der Waals surface area (Å²) in [7, 11) is 0. The van der Waals surface area contributed by atoms with Gasteiger partial charge in [-0.1, -0.05) is 51.7 Å². The van der Waals surface area contributed by atoms with Gasteiger partial charge >= 0.3 is 6.61 Å². The van der Waals surface area contributed by atoms with E-state index < -0.39 is 6.61 Å². The summed E-state index contributed by atoms with van der Waals surface area (Å²) in [6.45, 7) is 1.54. The minimum atomic E-state index is -2.81. The second-order valence-electron chi connectivity index (χ2n) is 5.32. The number of halogens is 2. The Kier molecular flexibility index (Phi) is 8.23. The Bertz CT molecular complexity index is 402. The zero-order chi connectivity index (χ0) is 15.7. The van der Waals surface area contributed by atoms with E-state index in [1.165, 1.54) is 25.3 Å². The van der Waals surface area contributed by atoms with Gasteiger partial charge in [-0.3, -0.25) is 11.3 Å². The Labute approximate surface area is 125 Å². The van der Waals surface area contributed by atoms with Gasteiger partial charge in [-0.15, -0.1) is 0 Å². The molecule has 0 saturated carbocycles. The van der Waals surface area contributed by atoms with Crippen molar-refractivity contribution in [2.45, 2.75) is 58.6 Å². The molecule has 0 heterocycles. The first-order chi connectivity index (χ1) is 10.1. The SMILES string of the molecule is CCCCC(CC)CC(NN)c1cccc(OC(F)F)c1. The van der Waals surface area contributed by atoms with Crippen molar-refractivity contribution in [1.82, 2.24) is 5.43 Å². The van der Waals surface area contributed by atoms with E-state index >= 15 is 0 Å². The van der Waals surface area contributed by atoms with Gasteiger partial charge < -0.3 is 4.74 Å². The predicted molar refractivity (Wildman–Crippen MR) is 81.1 cm³/mol. The summed E-state index contributed by atoms with van der Waals surface area (Å²) < 4.78 is 29.0. The second-order valence-corrected chi connectivity index (χ2v) is 5.32. The van der Waals surface area contributed by atoms with Gasteiger partial charge in [-0.05, 0) is 30.0 Å². The molecule has 1 aromatic rings. The fraction of sp³-hybridized carbons (Fsp3) is 0.625. The molecule has 0 aromatic heterocycles. The smallest absolute Gasteiger partial charge is 0.387 e. The molecular weight excluding hydrogens is 274 g/mol. The van der Waals surface area contributed by atoms with Crippen molar-refractivity contribution in [3.8, 4) is 5.75 Å². The Morgan fingerprint density at radius 2 is 2.05 bits per heavy atom. The van der Waals surface area contributed by atoms with E-state index in [1.807, 2.05) is 6.07 Å². The summed E-state index contributed by atoms with van der Waals surface area (Å²) in [6, 6.07) is 6.70. The van der Waals surface area contributed by atoms with E-state index in [0.29, 0.717) is 5.92 Å². The molecule has 120 valence electrons. The van der Waals surface area contributed by atoms with Crippen LogP contribution < -0.4 is 16.0 Å². The molecule has 3 nitrogen and oxygen atoms in total. The number of nitrogens with two attached hydrogens (primary N) is 1. The van der Waals surface area contributed by atoms with E-state index in [9.17, 15) is 8.78 Å². The van der Waals surface area contributed by atoms with Gasteiger partial charge in [0.05, 0.1) is 0 Å². The standard InChI is InChI=1S/C16H26F2N2O/c1-3-5-7-12(4-2)10-15(20-19)13-8-6-9-14(11-13)21-16(17)18/h6,8-9,11-12,15-16,20H,3-5,7,10,19H2,1-2H3. The molecule has 0 aliphatic heterocycles. The number of alkyl halides is 2. The maximum atomic E-state index is 12.3. The molecule has 3 N–H and O–H groups in total. The normalized spacial score (nSPS) is 14.2. The summed E-state index contributed by atoms with van der Waals surface area (Å²) in [6.07, 6.45) is 5.52. The highest BCUT2D eigenvalue weighted by molar-refractivity contribution is 5.30. The molecule has 0 aliphatic carbocycles. The summed E-state index contributed by atoms with van der Waals surface area (Å²) >= 11 is 0. The van der Waals surface area contributed by atoms with Crippen LogP contribution in [0.15, 0.2) is 24.3 Å².